The van der Waals surface area contributed by atoms with E-state index < -0.39 is 5.97 Å². The van der Waals surface area contributed by atoms with E-state index in [1.165, 1.54) is 5.56 Å². The molecule has 1 aromatic rings. The summed E-state index contributed by atoms with van der Waals surface area (Å²) in [4.78, 5) is 9.85. The van der Waals surface area contributed by atoms with Gasteiger partial charge in [-0.2, -0.15) is 0 Å². The minimum absolute atomic E-state index is 0.222. The third-order valence-corrected chi connectivity index (χ3v) is 2.73. The highest BCUT2D eigenvalue weighted by molar-refractivity contribution is 5.63. The van der Waals surface area contributed by atoms with E-state index in [-0.39, 0.29) is 6.42 Å². The molecule has 1 rings (SSSR count). The van der Waals surface area contributed by atoms with Crippen LogP contribution in [0.3, 0.4) is 0 Å². The summed E-state index contributed by atoms with van der Waals surface area (Å²) in [5.74, 6) is -0.925. The van der Waals surface area contributed by atoms with E-state index in [1.807, 2.05) is 0 Å². The van der Waals surface area contributed by atoms with Crippen LogP contribution in [0.15, 0.2) is 30.3 Å². The molecule has 0 saturated carbocycles. The Labute approximate surface area is 123 Å². The number of aliphatic carboxylic acids is 1. The van der Waals surface area contributed by atoms with Crippen LogP contribution in [0.4, 0.5) is 0 Å². The largest absolute Gasteiger partial charge is 0.550 e. The number of nitrogens with zero attached hydrogens (tertiary/aromatic N) is 1. The van der Waals surface area contributed by atoms with Crippen molar-refractivity contribution in [1.82, 2.24) is 0 Å². The second kappa shape index (κ2) is 10.4. The van der Waals surface area contributed by atoms with Crippen LogP contribution < -0.4 is 5.11 Å². The molecule has 3 heteroatoms. The highest BCUT2D eigenvalue weighted by Crippen LogP contribution is 2.05. The number of carboxylic acids is 1. The summed E-state index contributed by atoms with van der Waals surface area (Å²) >= 11 is 0. The Hall–Kier alpha value is -1.35. The number of carbonyl (C=O) groups excluding carboxylic acids is 1. The summed E-state index contributed by atoms with van der Waals surface area (Å²) in [6.07, 6.45) is 4.29. The molecule has 0 fully saturated rings. The predicted octanol–water partition coefficient (Wildman–Crippen LogP) is 2.60. The molecule has 1 aromatic carbocycles. The molecule has 0 unspecified atom stereocenters. The van der Waals surface area contributed by atoms with Crippen LogP contribution in [-0.4, -0.2) is 31.6 Å². The van der Waals surface area contributed by atoms with Crippen LogP contribution in [-0.2, 0) is 11.3 Å². The van der Waals surface area contributed by atoms with Gasteiger partial charge in [-0.05, 0) is 12.8 Å². The highest BCUT2D eigenvalue weighted by atomic mass is 16.4. The average molecular weight is 279 g/mol. The summed E-state index contributed by atoms with van der Waals surface area (Å²) in [5.41, 5.74) is 1.40. The van der Waals surface area contributed by atoms with E-state index in [2.05, 4.69) is 58.4 Å². The number of quaternary nitrogens is 1. The van der Waals surface area contributed by atoms with E-state index in [4.69, 9.17) is 0 Å². The number of hydrogen-bond acceptors (Lipinski definition) is 2. The van der Waals surface area contributed by atoms with Gasteiger partial charge in [0.2, 0.25) is 0 Å². The second-order valence-corrected chi connectivity index (χ2v) is 6.12. The van der Waals surface area contributed by atoms with E-state index in [1.54, 1.807) is 0 Å². The normalized spacial score (nSPS) is 10.6. The van der Waals surface area contributed by atoms with Gasteiger partial charge >= 0.3 is 0 Å². The minimum Gasteiger partial charge on any atom is -0.550 e. The third kappa shape index (κ3) is 13.1. The molecular formula is C17H29NO2. The van der Waals surface area contributed by atoms with Gasteiger partial charge in [0.15, 0.2) is 0 Å². The number of benzene rings is 1. The lowest BCUT2D eigenvalue weighted by atomic mass is 10.2. The first-order valence-electron chi connectivity index (χ1n) is 7.39. The lowest BCUT2D eigenvalue weighted by Crippen LogP contribution is -2.33. The molecule has 0 aliphatic carbocycles. The molecule has 0 aliphatic heterocycles. The third-order valence-electron chi connectivity index (χ3n) is 2.73. The van der Waals surface area contributed by atoms with Gasteiger partial charge in [0, 0.05) is 11.5 Å². The van der Waals surface area contributed by atoms with Crippen molar-refractivity contribution in [2.75, 3.05) is 21.1 Å². The maximum absolute atomic E-state index is 9.85. The molecule has 0 amide bonds. The zero-order chi connectivity index (χ0) is 15.4. The molecule has 0 aromatic heterocycles. The van der Waals surface area contributed by atoms with Gasteiger partial charge in [0.05, 0.1) is 21.1 Å². The SMILES string of the molecule is CCCCCCC(=O)[O-].C[N+](C)(C)Cc1ccccc1. The van der Waals surface area contributed by atoms with E-state index in [0.29, 0.717) is 0 Å². The standard InChI is InChI=1S/C10H16N.C7H14O2/c1-11(2,3)9-10-7-5-4-6-8-10;1-2-3-4-5-6-7(8)9/h4-8H,9H2,1-3H3;2-6H2,1H3,(H,8,9)/q+1;/p-1. The topological polar surface area (TPSA) is 40.1 Å². The fourth-order valence-corrected chi connectivity index (χ4v) is 1.83. The fourth-order valence-electron chi connectivity index (χ4n) is 1.83. The fraction of sp³-hybridized carbons (Fsp3) is 0.588. The molecular weight excluding hydrogens is 250 g/mol. The van der Waals surface area contributed by atoms with Gasteiger partial charge in [-0.25, -0.2) is 0 Å². The minimum atomic E-state index is -0.925. The zero-order valence-corrected chi connectivity index (χ0v) is 13.4. The van der Waals surface area contributed by atoms with Crippen molar-refractivity contribution in [1.29, 1.82) is 0 Å². The van der Waals surface area contributed by atoms with Crippen molar-refractivity contribution >= 4 is 5.97 Å². The molecule has 20 heavy (non-hydrogen) atoms. The van der Waals surface area contributed by atoms with E-state index >= 15 is 0 Å². The molecule has 0 atom stereocenters. The van der Waals surface area contributed by atoms with Gasteiger partial charge < -0.3 is 14.4 Å². The zero-order valence-electron chi connectivity index (χ0n) is 13.4. The quantitative estimate of drug-likeness (QED) is 0.568. The van der Waals surface area contributed by atoms with Crippen molar-refractivity contribution in [2.45, 2.75) is 45.6 Å². The number of hydrogen-bond donors (Lipinski definition) is 0. The predicted molar refractivity (Wildman–Crippen MR) is 81.9 cm³/mol. The monoisotopic (exact) mass is 279 g/mol. The van der Waals surface area contributed by atoms with Gasteiger partial charge in [0.25, 0.3) is 0 Å². The molecule has 0 saturated heterocycles. The lowest BCUT2D eigenvalue weighted by Gasteiger charge is -2.23. The molecule has 0 aliphatic rings. The summed E-state index contributed by atoms with van der Waals surface area (Å²) in [6, 6.07) is 10.6. The Bertz CT molecular complexity index is 355. The van der Waals surface area contributed by atoms with Crippen molar-refractivity contribution in [3.05, 3.63) is 35.9 Å². The number of carbonyl (C=O) groups is 1. The van der Waals surface area contributed by atoms with E-state index in [0.717, 1.165) is 36.7 Å². The number of rotatable bonds is 7. The van der Waals surface area contributed by atoms with Crippen LogP contribution >= 0.6 is 0 Å². The van der Waals surface area contributed by atoms with Crippen LogP contribution in [0.5, 0.6) is 0 Å². The first kappa shape index (κ1) is 18.7. The lowest BCUT2D eigenvalue weighted by molar-refractivity contribution is -0.884. The van der Waals surface area contributed by atoms with E-state index in [9.17, 15) is 9.90 Å². The number of carboxylic acid groups (broad SMARTS) is 1. The first-order chi connectivity index (χ1) is 9.35. The van der Waals surface area contributed by atoms with Crippen molar-refractivity contribution < 1.29 is 14.4 Å². The van der Waals surface area contributed by atoms with Gasteiger partial charge in [-0.1, -0.05) is 56.5 Å². The summed E-state index contributed by atoms with van der Waals surface area (Å²) in [6.45, 7) is 3.19. The Morgan fingerprint density at radius 3 is 2.10 bits per heavy atom. The van der Waals surface area contributed by atoms with Gasteiger partial charge in [-0.3, -0.25) is 0 Å². The highest BCUT2D eigenvalue weighted by Gasteiger charge is 2.06. The Kier molecular flexibility index (Phi) is 9.73. The molecule has 0 heterocycles. The molecule has 0 N–H and O–H groups in total. The Morgan fingerprint density at radius 1 is 1.05 bits per heavy atom. The molecule has 3 nitrogen and oxygen atoms in total. The number of unbranched alkanes of at least 4 members (excludes halogenated alkanes) is 3. The Morgan fingerprint density at radius 2 is 1.65 bits per heavy atom. The van der Waals surface area contributed by atoms with Crippen LogP contribution in [0.1, 0.15) is 44.6 Å². The van der Waals surface area contributed by atoms with Crippen molar-refractivity contribution in [3.8, 4) is 0 Å². The molecule has 114 valence electrons. The second-order valence-electron chi connectivity index (χ2n) is 6.12. The van der Waals surface area contributed by atoms with Gasteiger partial charge in [0.1, 0.15) is 6.54 Å². The van der Waals surface area contributed by atoms with Crippen LogP contribution in [0.25, 0.3) is 0 Å². The summed E-state index contributed by atoms with van der Waals surface area (Å²) in [7, 11) is 6.60. The molecule has 0 spiro atoms. The molecule has 0 radical (unpaired) electrons. The smallest absolute Gasteiger partial charge is 0.104 e. The maximum atomic E-state index is 9.85. The van der Waals surface area contributed by atoms with Gasteiger partial charge in [-0.15, -0.1) is 0 Å². The maximum Gasteiger partial charge on any atom is 0.104 e. The molecule has 0 bridgehead atoms. The van der Waals surface area contributed by atoms with Crippen molar-refractivity contribution in [2.24, 2.45) is 0 Å². The first-order valence-corrected chi connectivity index (χ1v) is 7.39. The average Bonchev–Trinajstić information content (AvgIpc) is 2.34. The summed E-state index contributed by atoms with van der Waals surface area (Å²) in [5, 5.41) is 9.85. The Balaban J connectivity index is 0.000000370. The summed E-state index contributed by atoms with van der Waals surface area (Å²) < 4.78 is 0.990. The van der Waals surface area contributed by atoms with Crippen LogP contribution in [0, 0.1) is 0 Å². The van der Waals surface area contributed by atoms with Crippen LogP contribution in [0.2, 0.25) is 0 Å². The van der Waals surface area contributed by atoms with Crippen molar-refractivity contribution in [3.63, 3.8) is 0 Å².